The van der Waals surface area contributed by atoms with Crippen LogP contribution in [0, 0.1) is 0 Å². The number of benzene rings is 1. The van der Waals surface area contributed by atoms with E-state index in [1.165, 1.54) is 5.56 Å². The van der Waals surface area contributed by atoms with Gasteiger partial charge in [0.05, 0.1) is 6.26 Å². The SMILES string of the molecule is C1=COc2ccccc2C1.NC(N)=O.O=S(=O)(O)O. The standard InChI is InChI=1S/C9H8O.CH4N2O.H2O4S/c1-2-6-9-8(4-1)5-3-7-10-9;2-1(3)4;1-5(2,3)4/h1-4,6-7H,5H2;(H4,2,3,4);(H2,1,2,3,4). The number of rotatable bonds is 0. The second-order valence-corrected chi connectivity index (χ2v) is 4.05. The third-order valence-corrected chi connectivity index (χ3v) is 1.60. The number of carbonyl (C=O) groups excluding carboxylic acids is 1. The van der Waals surface area contributed by atoms with Gasteiger partial charge >= 0.3 is 16.4 Å². The number of carbonyl (C=O) groups is 1. The monoisotopic (exact) mass is 290 g/mol. The van der Waals surface area contributed by atoms with Crippen molar-refractivity contribution in [1.29, 1.82) is 0 Å². The zero-order valence-electron chi connectivity index (χ0n) is 9.76. The van der Waals surface area contributed by atoms with Crippen LogP contribution in [0.2, 0.25) is 0 Å². The second-order valence-electron chi connectivity index (χ2n) is 3.15. The molecule has 0 saturated carbocycles. The number of ether oxygens (including phenoxy) is 1. The van der Waals surface area contributed by atoms with Gasteiger partial charge in [0.1, 0.15) is 5.75 Å². The number of fused-ring (bicyclic) bond motifs is 1. The molecule has 19 heavy (non-hydrogen) atoms. The van der Waals surface area contributed by atoms with Crippen LogP contribution in [0.4, 0.5) is 4.79 Å². The van der Waals surface area contributed by atoms with E-state index < -0.39 is 16.4 Å². The van der Waals surface area contributed by atoms with Crippen molar-refractivity contribution >= 4 is 16.4 Å². The molecule has 2 rings (SSSR count). The average Bonchev–Trinajstić information content (AvgIpc) is 2.26. The maximum Gasteiger partial charge on any atom is 0.394 e. The first-order chi connectivity index (χ1) is 8.70. The molecular weight excluding hydrogens is 276 g/mol. The van der Waals surface area contributed by atoms with Crippen LogP contribution in [0.3, 0.4) is 0 Å². The topological polar surface area (TPSA) is 153 Å². The number of para-hydroxylation sites is 1. The molecule has 6 N–H and O–H groups in total. The third-order valence-electron chi connectivity index (χ3n) is 1.60. The highest BCUT2D eigenvalue weighted by Crippen LogP contribution is 2.21. The summed E-state index contributed by atoms with van der Waals surface area (Å²) in [6, 6.07) is 7.25. The number of amides is 2. The van der Waals surface area contributed by atoms with Crippen molar-refractivity contribution in [2.24, 2.45) is 11.5 Å². The Bertz CT molecular complexity index is 502. The zero-order valence-corrected chi connectivity index (χ0v) is 10.6. The molecule has 1 aromatic rings. The normalized spacial score (nSPS) is 11.7. The number of allylic oxidation sites excluding steroid dienone is 1. The molecule has 0 atom stereocenters. The van der Waals surface area contributed by atoms with E-state index in [1.54, 1.807) is 6.26 Å². The first-order valence-corrected chi connectivity index (χ1v) is 6.24. The minimum Gasteiger partial charge on any atom is -0.465 e. The summed E-state index contributed by atoms with van der Waals surface area (Å²) >= 11 is 0. The zero-order chi connectivity index (χ0) is 14.9. The van der Waals surface area contributed by atoms with Crippen LogP contribution >= 0.6 is 0 Å². The first-order valence-electron chi connectivity index (χ1n) is 4.84. The Kier molecular flexibility index (Phi) is 7.19. The van der Waals surface area contributed by atoms with Crippen LogP contribution in [0.1, 0.15) is 5.56 Å². The molecule has 0 aliphatic carbocycles. The summed E-state index contributed by atoms with van der Waals surface area (Å²) in [4.78, 5) is 9.00. The van der Waals surface area contributed by atoms with Crippen LogP contribution in [0.15, 0.2) is 36.6 Å². The highest BCUT2D eigenvalue weighted by atomic mass is 32.3. The molecular formula is C10H14N2O6S. The van der Waals surface area contributed by atoms with Gasteiger partial charge in [-0.05, 0) is 24.1 Å². The largest absolute Gasteiger partial charge is 0.465 e. The van der Waals surface area contributed by atoms with Gasteiger partial charge in [0.25, 0.3) is 0 Å². The fraction of sp³-hybridized carbons (Fsp3) is 0.100. The number of hydrogen-bond acceptors (Lipinski definition) is 4. The summed E-state index contributed by atoms with van der Waals surface area (Å²) in [5.41, 5.74) is 9.77. The molecule has 106 valence electrons. The van der Waals surface area contributed by atoms with E-state index in [4.69, 9.17) is 27.1 Å². The molecule has 2 amide bonds. The number of urea groups is 1. The molecule has 0 fully saturated rings. The molecule has 0 spiro atoms. The van der Waals surface area contributed by atoms with Gasteiger partial charge in [-0.1, -0.05) is 18.2 Å². The second kappa shape index (κ2) is 8.08. The van der Waals surface area contributed by atoms with E-state index in [-0.39, 0.29) is 0 Å². The van der Waals surface area contributed by atoms with Crippen LogP contribution in [0.5, 0.6) is 5.75 Å². The van der Waals surface area contributed by atoms with Crippen molar-refractivity contribution < 1.29 is 27.1 Å². The van der Waals surface area contributed by atoms with Gasteiger partial charge < -0.3 is 16.2 Å². The van der Waals surface area contributed by atoms with E-state index >= 15 is 0 Å². The van der Waals surface area contributed by atoms with E-state index in [0.29, 0.717) is 0 Å². The molecule has 0 unspecified atom stereocenters. The van der Waals surface area contributed by atoms with E-state index in [9.17, 15) is 0 Å². The van der Waals surface area contributed by atoms with Gasteiger partial charge in [0, 0.05) is 0 Å². The molecule has 0 saturated heterocycles. The smallest absolute Gasteiger partial charge is 0.394 e. The van der Waals surface area contributed by atoms with Gasteiger partial charge in [-0.25, -0.2) is 4.79 Å². The number of nitrogens with two attached hydrogens (primary N) is 2. The van der Waals surface area contributed by atoms with Crippen molar-refractivity contribution in [3.8, 4) is 5.75 Å². The van der Waals surface area contributed by atoms with Gasteiger partial charge in [0.2, 0.25) is 0 Å². The van der Waals surface area contributed by atoms with Gasteiger partial charge in [0.15, 0.2) is 0 Å². The molecule has 8 nitrogen and oxygen atoms in total. The minimum absolute atomic E-state index is 0.833. The number of primary amides is 2. The lowest BCUT2D eigenvalue weighted by Crippen LogP contribution is -2.18. The van der Waals surface area contributed by atoms with E-state index in [0.717, 1.165) is 12.2 Å². The van der Waals surface area contributed by atoms with Gasteiger partial charge in [-0.2, -0.15) is 8.42 Å². The van der Waals surface area contributed by atoms with Crippen molar-refractivity contribution in [3.63, 3.8) is 0 Å². The fourth-order valence-electron chi connectivity index (χ4n) is 1.08. The third kappa shape index (κ3) is 12.2. The van der Waals surface area contributed by atoms with Crippen LogP contribution < -0.4 is 16.2 Å². The molecule has 1 heterocycles. The number of hydrogen-bond donors (Lipinski definition) is 4. The Hall–Kier alpha value is -2.10. The maximum absolute atomic E-state index is 9.00. The van der Waals surface area contributed by atoms with Crippen molar-refractivity contribution in [2.75, 3.05) is 0 Å². The fourth-order valence-corrected chi connectivity index (χ4v) is 1.08. The van der Waals surface area contributed by atoms with E-state index in [2.05, 4.69) is 17.5 Å². The summed E-state index contributed by atoms with van der Waals surface area (Å²) < 4.78 is 36.8. The predicted octanol–water partition coefficient (Wildman–Crippen LogP) is 0.506. The Morgan fingerprint density at radius 2 is 1.68 bits per heavy atom. The van der Waals surface area contributed by atoms with Crippen molar-refractivity contribution in [3.05, 3.63) is 42.2 Å². The van der Waals surface area contributed by atoms with Crippen molar-refractivity contribution in [2.45, 2.75) is 6.42 Å². The predicted molar refractivity (Wildman–Crippen MR) is 67.9 cm³/mol. The van der Waals surface area contributed by atoms with Crippen molar-refractivity contribution in [1.82, 2.24) is 0 Å². The summed E-state index contributed by atoms with van der Waals surface area (Å²) in [5.74, 6) is 0.991. The average molecular weight is 290 g/mol. The summed E-state index contributed by atoms with van der Waals surface area (Å²) in [6.07, 6.45) is 4.75. The van der Waals surface area contributed by atoms with E-state index in [1.807, 2.05) is 24.3 Å². The Labute approximate surface area is 110 Å². The summed E-state index contributed by atoms with van der Waals surface area (Å²) in [7, 11) is -4.67. The Morgan fingerprint density at radius 1 is 1.21 bits per heavy atom. The Balaban J connectivity index is 0.000000307. The van der Waals surface area contributed by atoms with Crippen LogP contribution in [-0.4, -0.2) is 23.6 Å². The lowest BCUT2D eigenvalue weighted by atomic mass is 10.1. The van der Waals surface area contributed by atoms with Gasteiger partial charge in [-0.3, -0.25) is 9.11 Å². The minimum atomic E-state index is -4.67. The van der Waals surface area contributed by atoms with Crippen LogP contribution in [0.25, 0.3) is 0 Å². The highest BCUT2D eigenvalue weighted by Gasteiger charge is 2.02. The lowest BCUT2D eigenvalue weighted by molar-refractivity contribution is 0.256. The quantitative estimate of drug-likeness (QED) is 0.510. The maximum atomic E-state index is 9.00. The summed E-state index contributed by atoms with van der Waals surface area (Å²) in [5, 5.41) is 0. The lowest BCUT2D eigenvalue weighted by Gasteiger charge is -2.09. The van der Waals surface area contributed by atoms with Gasteiger partial charge in [-0.15, -0.1) is 0 Å². The molecule has 0 bridgehead atoms. The Morgan fingerprint density at radius 3 is 2.16 bits per heavy atom. The molecule has 1 aromatic carbocycles. The molecule has 1 aliphatic heterocycles. The molecule has 1 aliphatic rings. The highest BCUT2D eigenvalue weighted by molar-refractivity contribution is 7.79. The van der Waals surface area contributed by atoms with Crippen LogP contribution in [-0.2, 0) is 16.8 Å². The molecule has 0 aromatic heterocycles. The molecule has 0 radical (unpaired) electrons. The molecule has 9 heteroatoms. The summed E-state index contributed by atoms with van der Waals surface area (Å²) in [6.45, 7) is 0. The first kappa shape index (κ1) is 16.9.